The van der Waals surface area contributed by atoms with Crippen molar-refractivity contribution < 1.29 is 9.59 Å². The average Bonchev–Trinajstić information content (AvgIpc) is 3.39. The Morgan fingerprint density at radius 3 is 2.38 bits per heavy atom. The van der Waals surface area contributed by atoms with E-state index in [2.05, 4.69) is 46.7 Å². The van der Waals surface area contributed by atoms with E-state index in [0.29, 0.717) is 24.0 Å². The van der Waals surface area contributed by atoms with Crippen molar-refractivity contribution in [3.05, 3.63) is 59.7 Å². The standard InChI is InChI=1S/C21H25N3O2/c1-15-5-3-6-17(11-15)13-24(20-9-10-20)14-21(26)23-19-8-4-7-18(12-19)22-16(2)25/h3-8,11-12,20H,9-10,13-14H2,1-2H3,(H,22,25)(H,23,26). The van der Waals surface area contributed by atoms with E-state index in [-0.39, 0.29) is 11.8 Å². The highest BCUT2D eigenvalue weighted by Crippen LogP contribution is 2.28. The van der Waals surface area contributed by atoms with Crippen molar-refractivity contribution >= 4 is 23.2 Å². The monoisotopic (exact) mass is 351 g/mol. The summed E-state index contributed by atoms with van der Waals surface area (Å²) in [5.74, 6) is -0.170. The van der Waals surface area contributed by atoms with E-state index < -0.39 is 0 Å². The summed E-state index contributed by atoms with van der Waals surface area (Å²) >= 11 is 0. The highest BCUT2D eigenvalue weighted by molar-refractivity contribution is 5.94. The lowest BCUT2D eigenvalue weighted by Crippen LogP contribution is -2.34. The molecule has 0 aliphatic heterocycles. The number of nitrogens with zero attached hydrogens (tertiary/aromatic N) is 1. The predicted molar refractivity (Wildman–Crippen MR) is 104 cm³/mol. The molecule has 26 heavy (non-hydrogen) atoms. The summed E-state index contributed by atoms with van der Waals surface area (Å²) in [6.45, 7) is 4.69. The molecule has 2 aromatic rings. The van der Waals surface area contributed by atoms with Crippen LogP contribution in [0.5, 0.6) is 0 Å². The second-order valence-corrected chi connectivity index (χ2v) is 6.94. The Bertz CT molecular complexity index is 799. The maximum atomic E-state index is 12.5. The molecule has 2 amide bonds. The fourth-order valence-electron chi connectivity index (χ4n) is 3.06. The molecule has 5 nitrogen and oxygen atoms in total. The van der Waals surface area contributed by atoms with Gasteiger partial charge in [0.15, 0.2) is 0 Å². The zero-order valence-electron chi connectivity index (χ0n) is 15.3. The molecule has 0 saturated heterocycles. The van der Waals surface area contributed by atoms with Crippen LogP contribution in [0, 0.1) is 6.92 Å². The van der Waals surface area contributed by atoms with Crippen molar-refractivity contribution in [2.75, 3.05) is 17.2 Å². The van der Waals surface area contributed by atoms with E-state index in [9.17, 15) is 9.59 Å². The Balaban J connectivity index is 1.61. The highest BCUT2D eigenvalue weighted by atomic mass is 16.2. The van der Waals surface area contributed by atoms with Gasteiger partial charge >= 0.3 is 0 Å². The van der Waals surface area contributed by atoms with Crippen molar-refractivity contribution in [3.8, 4) is 0 Å². The molecule has 0 atom stereocenters. The molecule has 1 aliphatic rings. The van der Waals surface area contributed by atoms with Gasteiger partial charge in [-0.15, -0.1) is 0 Å². The number of hydrogen-bond acceptors (Lipinski definition) is 3. The summed E-state index contributed by atoms with van der Waals surface area (Å²) in [5, 5.41) is 5.66. The summed E-state index contributed by atoms with van der Waals surface area (Å²) < 4.78 is 0. The molecule has 0 unspecified atom stereocenters. The quantitative estimate of drug-likeness (QED) is 0.802. The van der Waals surface area contributed by atoms with Crippen LogP contribution in [0.4, 0.5) is 11.4 Å². The zero-order valence-corrected chi connectivity index (χ0v) is 15.3. The number of carbonyl (C=O) groups is 2. The Kier molecular flexibility index (Phi) is 5.68. The molecule has 0 heterocycles. The first-order valence-corrected chi connectivity index (χ1v) is 8.97. The molecule has 3 rings (SSSR count). The summed E-state index contributed by atoms with van der Waals surface area (Å²) in [4.78, 5) is 25.9. The van der Waals surface area contributed by atoms with E-state index in [1.807, 2.05) is 12.1 Å². The topological polar surface area (TPSA) is 61.4 Å². The third-order valence-corrected chi connectivity index (χ3v) is 4.34. The van der Waals surface area contributed by atoms with Crippen molar-refractivity contribution in [2.24, 2.45) is 0 Å². The molecule has 0 aromatic heterocycles. The van der Waals surface area contributed by atoms with Gasteiger partial charge in [0.25, 0.3) is 0 Å². The van der Waals surface area contributed by atoms with Gasteiger partial charge in [0, 0.05) is 30.9 Å². The fraction of sp³-hybridized carbons (Fsp3) is 0.333. The first-order valence-electron chi connectivity index (χ1n) is 8.97. The summed E-state index contributed by atoms with van der Waals surface area (Å²) in [6, 6.07) is 16.1. The minimum absolute atomic E-state index is 0.0375. The molecular formula is C21H25N3O2. The van der Waals surface area contributed by atoms with Crippen LogP contribution >= 0.6 is 0 Å². The molecule has 0 spiro atoms. The number of anilines is 2. The fourth-order valence-corrected chi connectivity index (χ4v) is 3.06. The second-order valence-electron chi connectivity index (χ2n) is 6.94. The maximum Gasteiger partial charge on any atom is 0.238 e. The summed E-state index contributed by atoms with van der Waals surface area (Å²) in [5.41, 5.74) is 3.83. The minimum atomic E-state index is -0.133. The van der Waals surface area contributed by atoms with Crippen molar-refractivity contribution in [2.45, 2.75) is 39.3 Å². The van der Waals surface area contributed by atoms with E-state index in [0.717, 1.165) is 19.4 Å². The summed E-state index contributed by atoms with van der Waals surface area (Å²) in [6.07, 6.45) is 2.30. The van der Waals surface area contributed by atoms with Gasteiger partial charge in [-0.2, -0.15) is 0 Å². The van der Waals surface area contributed by atoms with Crippen LogP contribution in [-0.2, 0) is 16.1 Å². The third kappa shape index (κ3) is 5.43. The smallest absolute Gasteiger partial charge is 0.238 e. The van der Waals surface area contributed by atoms with Gasteiger partial charge in [-0.1, -0.05) is 35.9 Å². The highest BCUT2D eigenvalue weighted by Gasteiger charge is 2.30. The largest absolute Gasteiger partial charge is 0.326 e. The predicted octanol–water partition coefficient (Wildman–Crippen LogP) is 3.56. The molecule has 5 heteroatoms. The second kappa shape index (κ2) is 8.15. The van der Waals surface area contributed by atoms with Crippen LogP contribution in [0.1, 0.15) is 30.9 Å². The first kappa shape index (κ1) is 18.1. The van der Waals surface area contributed by atoms with Crippen LogP contribution in [0.2, 0.25) is 0 Å². The van der Waals surface area contributed by atoms with Gasteiger partial charge in [0.05, 0.1) is 6.54 Å². The molecule has 2 N–H and O–H groups in total. The zero-order chi connectivity index (χ0) is 18.5. The first-order chi connectivity index (χ1) is 12.5. The van der Waals surface area contributed by atoms with Gasteiger partial charge in [-0.3, -0.25) is 14.5 Å². The Hall–Kier alpha value is -2.66. The minimum Gasteiger partial charge on any atom is -0.326 e. The number of nitrogens with one attached hydrogen (secondary N) is 2. The molecular weight excluding hydrogens is 326 g/mol. The van der Waals surface area contributed by atoms with Crippen molar-refractivity contribution in [1.29, 1.82) is 0 Å². The van der Waals surface area contributed by atoms with E-state index in [4.69, 9.17) is 0 Å². The number of carbonyl (C=O) groups excluding carboxylic acids is 2. The molecule has 136 valence electrons. The van der Waals surface area contributed by atoms with Gasteiger partial charge < -0.3 is 10.6 Å². The van der Waals surface area contributed by atoms with Gasteiger partial charge in [-0.25, -0.2) is 0 Å². The van der Waals surface area contributed by atoms with Crippen LogP contribution in [0.25, 0.3) is 0 Å². The molecule has 1 fully saturated rings. The van der Waals surface area contributed by atoms with Crippen LogP contribution in [0.15, 0.2) is 48.5 Å². The molecule has 1 aliphatic carbocycles. The number of benzene rings is 2. The molecule has 0 bridgehead atoms. The third-order valence-electron chi connectivity index (χ3n) is 4.34. The van der Waals surface area contributed by atoms with Gasteiger partial charge in [0.1, 0.15) is 0 Å². The Morgan fingerprint density at radius 2 is 1.73 bits per heavy atom. The number of aryl methyl sites for hydroxylation is 1. The van der Waals surface area contributed by atoms with Crippen LogP contribution < -0.4 is 10.6 Å². The number of rotatable bonds is 7. The maximum absolute atomic E-state index is 12.5. The lowest BCUT2D eigenvalue weighted by atomic mass is 10.1. The SMILES string of the molecule is CC(=O)Nc1cccc(NC(=O)CN(Cc2cccc(C)c2)C2CC2)c1. The van der Waals surface area contributed by atoms with E-state index in [1.54, 1.807) is 12.1 Å². The van der Waals surface area contributed by atoms with Crippen LogP contribution in [0.3, 0.4) is 0 Å². The van der Waals surface area contributed by atoms with Crippen molar-refractivity contribution in [1.82, 2.24) is 4.90 Å². The number of hydrogen-bond donors (Lipinski definition) is 2. The Labute approximate surface area is 154 Å². The molecule has 0 radical (unpaired) electrons. The normalized spacial score (nSPS) is 13.5. The number of amides is 2. The van der Waals surface area contributed by atoms with Gasteiger partial charge in [-0.05, 0) is 43.5 Å². The van der Waals surface area contributed by atoms with E-state index in [1.165, 1.54) is 18.1 Å². The molecule has 2 aromatic carbocycles. The molecule has 1 saturated carbocycles. The van der Waals surface area contributed by atoms with E-state index >= 15 is 0 Å². The lowest BCUT2D eigenvalue weighted by Gasteiger charge is -2.22. The van der Waals surface area contributed by atoms with Gasteiger partial charge in [0.2, 0.25) is 11.8 Å². The van der Waals surface area contributed by atoms with Crippen molar-refractivity contribution in [3.63, 3.8) is 0 Å². The van der Waals surface area contributed by atoms with Crippen LogP contribution in [-0.4, -0.2) is 29.3 Å². The summed E-state index contributed by atoms with van der Waals surface area (Å²) in [7, 11) is 0. The average molecular weight is 351 g/mol. The lowest BCUT2D eigenvalue weighted by molar-refractivity contribution is -0.117. The Morgan fingerprint density at radius 1 is 1.04 bits per heavy atom.